The Bertz CT molecular complexity index is 1600. The molecular formula is C37H51Cl2FN6O6. The summed E-state index contributed by atoms with van der Waals surface area (Å²) < 4.78 is 34.7. The summed E-state index contributed by atoms with van der Waals surface area (Å²) in [5, 5.41) is 6.56. The maximum Gasteiger partial charge on any atom is 0.255 e. The number of benzene rings is 3. The van der Waals surface area contributed by atoms with E-state index in [1.807, 2.05) is 0 Å². The Balaban J connectivity index is 0.000000314. The number of likely N-dealkylation sites (tertiary alicyclic amines) is 1. The topological polar surface area (TPSA) is 154 Å². The molecule has 0 spiro atoms. The molecule has 1 aliphatic rings. The predicted octanol–water partition coefficient (Wildman–Crippen LogP) is 5.36. The number of piperidine rings is 1. The number of halogens is 3. The van der Waals surface area contributed by atoms with Crippen LogP contribution in [0.25, 0.3) is 0 Å². The molecule has 3 aromatic rings. The number of nitrogen functional groups attached to an aromatic ring is 2. The number of rotatable bonds is 16. The maximum absolute atomic E-state index is 12.9. The highest BCUT2D eigenvalue weighted by atomic mass is 35.5. The number of methoxy groups -OCH3 is 3. The second-order valence-electron chi connectivity index (χ2n) is 12.0. The summed E-state index contributed by atoms with van der Waals surface area (Å²) >= 11 is 12.0. The Hall–Kier alpha value is -4.01. The largest absolute Gasteiger partial charge is 0.496 e. The van der Waals surface area contributed by atoms with Crippen molar-refractivity contribution in [2.75, 3.05) is 85.2 Å². The van der Waals surface area contributed by atoms with Crippen molar-refractivity contribution in [3.05, 3.63) is 75.5 Å². The van der Waals surface area contributed by atoms with E-state index in [0.29, 0.717) is 69.5 Å². The van der Waals surface area contributed by atoms with E-state index in [-0.39, 0.29) is 29.8 Å². The molecule has 3 aromatic carbocycles. The Labute approximate surface area is 315 Å². The van der Waals surface area contributed by atoms with Crippen molar-refractivity contribution >= 4 is 46.4 Å². The highest BCUT2D eigenvalue weighted by Gasteiger charge is 2.31. The highest BCUT2D eigenvalue weighted by Crippen LogP contribution is 2.30. The minimum atomic E-state index is -0.282. The number of likely N-dealkylation sites (N-methyl/N-ethyl adjacent to an activating group) is 1. The summed E-state index contributed by atoms with van der Waals surface area (Å²) in [5.41, 5.74) is 13.0. The van der Waals surface area contributed by atoms with Crippen LogP contribution in [-0.2, 0) is 4.74 Å². The summed E-state index contributed by atoms with van der Waals surface area (Å²) in [6.07, 6.45) is 1.42. The number of carbonyl (C=O) groups is 2. The lowest BCUT2D eigenvalue weighted by Gasteiger charge is -2.38. The molecule has 2 unspecified atom stereocenters. The monoisotopic (exact) mass is 764 g/mol. The predicted molar refractivity (Wildman–Crippen MR) is 205 cm³/mol. The molecule has 1 heterocycles. The van der Waals surface area contributed by atoms with Crippen LogP contribution in [0.4, 0.5) is 15.8 Å². The second-order valence-corrected chi connectivity index (χ2v) is 12.8. The Morgan fingerprint density at radius 2 is 1.50 bits per heavy atom. The van der Waals surface area contributed by atoms with E-state index in [9.17, 15) is 14.0 Å². The van der Waals surface area contributed by atoms with Crippen LogP contribution in [0.5, 0.6) is 17.2 Å². The van der Waals surface area contributed by atoms with Crippen molar-refractivity contribution in [3.63, 3.8) is 0 Å². The molecule has 15 heteroatoms. The summed E-state index contributed by atoms with van der Waals surface area (Å²) in [6.45, 7) is 10.4. The van der Waals surface area contributed by atoms with Gasteiger partial charge in [-0.3, -0.25) is 9.59 Å². The molecule has 6 N–H and O–H groups in total. The molecule has 2 atom stereocenters. The number of hydrogen-bond donors (Lipinski definition) is 4. The van der Waals surface area contributed by atoms with Crippen molar-refractivity contribution in [3.8, 4) is 17.2 Å². The lowest BCUT2D eigenvalue weighted by molar-refractivity contribution is 0.00527. The normalized spacial score (nSPS) is 15.7. The van der Waals surface area contributed by atoms with Gasteiger partial charge in [-0.05, 0) is 62.3 Å². The maximum atomic E-state index is 12.9. The number of nitrogens with zero attached hydrogens (tertiary/aromatic N) is 2. The third-order valence-corrected chi connectivity index (χ3v) is 9.35. The first-order valence-corrected chi connectivity index (χ1v) is 17.9. The minimum absolute atomic E-state index is 0.139. The summed E-state index contributed by atoms with van der Waals surface area (Å²) in [5.74, 6) is 0.675. The quantitative estimate of drug-likeness (QED) is 0.111. The number of hydrogen-bond acceptors (Lipinski definition) is 10. The molecular weight excluding hydrogens is 714 g/mol. The third kappa shape index (κ3) is 12.6. The van der Waals surface area contributed by atoms with Crippen LogP contribution < -0.4 is 36.3 Å². The molecule has 4 rings (SSSR count). The van der Waals surface area contributed by atoms with Crippen molar-refractivity contribution in [1.29, 1.82) is 0 Å². The fraction of sp³-hybridized carbons (Fsp3) is 0.459. The van der Waals surface area contributed by atoms with Crippen molar-refractivity contribution in [2.45, 2.75) is 38.8 Å². The molecule has 52 heavy (non-hydrogen) atoms. The first-order chi connectivity index (χ1) is 24.9. The van der Waals surface area contributed by atoms with Crippen LogP contribution in [0.3, 0.4) is 0 Å². The molecule has 286 valence electrons. The number of nitrogens with one attached hydrogen (secondary N) is 2. The zero-order valence-electron chi connectivity index (χ0n) is 30.5. The summed E-state index contributed by atoms with van der Waals surface area (Å²) in [4.78, 5) is 29.5. The van der Waals surface area contributed by atoms with E-state index in [1.165, 1.54) is 38.5 Å². The molecule has 1 aliphatic heterocycles. The van der Waals surface area contributed by atoms with Gasteiger partial charge in [0.2, 0.25) is 0 Å². The lowest BCUT2D eigenvalue weighted by Crippen LogP contribution is -2.55. The van der Waals surface area contributed by atoms with Gasteiger partial charge in [-0.2, -0.15) is 0 Å². The lowest BCUT2D eigenvalue weighted by atomic mass is 10.0. The molecule has 2 amide bonds. The van der Waals surface area contributed by atoms with Gasteiger partial charge in [0.1, 0.15) is 23.1 Å². The smallest absolute Gasteiger partial charge is 0.255 e. The Kier molecular flexibility index (Phi) is 17.5. The average Bonchev–Trinajstić information content (AvgIpc) is 3.15. The number of nitrogens with two attached hydrogens (primary N) is 2. The van der Waals surface area contributed by atoms with Crippen LogP contribution in [0.15, 0.2) is 48.5 Å². The molecule has 0 saturated carbocycles. The number of ether oxygens (including phenoxy) is 4. The SMILES string of the molecule is CCN(CC)CCNC(=O)c1cc(Cl)c(N)cc1OC.COc1cc(N)c(Cl)cc1C(=O)NC1CCN(CCCOc2ccc(F)cc2)CC1OC. The molecule has 12 nitrogen and oxygen atoms in total. The van der Waals surface area contributed by atoms with Crippen LogP contribution in [0.2, 0.25) is 10.0 Å². The molecule has 0 bridgehead atoms. The van der Waals surface area contributed by atoms with E-state index in [2.05, 4.69) is 34.3 Å². The molecule has 0 radical (unpaired) electrons. The zero-order valence-corrected chi connectivity index (χ0v) is 32.0. The average molecular weight is 766 g/mol. The van der Waals surface area contributed by atoms with Crippen LogP contribution in [-0.4, -0.2) is 108 Å². The number of anilines is 2. The second kappa shape index (κ2) is 21.5. The fourth-order valence-corrected chi connectivity index (χ4v) is 5.96. The van der Waals surface area contributed by atoms with Gasteiger partial charge in [0.05, 0.1) is 65.5 Å². The summed E-state index contributed by atoms with van der Waals surface area (Å²) in [7, 11) is 4.62. The highest BCUT2D eigenvalue weighted by molar-refractivity contribution is 6.34. The Morgan fingerprint density at radius 1 is 0.923 bits per heavy atom. The first kappa shape index (κ1) is 42.4. The van der Waals surface area contributed by atoms with Crippen molar-refractivity contribution < 1.29 is 32.9 Å². The van der Waals surface area contributed by atoms with E-state index in [1.54, 1.807) is 31.4 Å². The van der Waals surface area contributed by atoms with Gasteiger partial charge in [0.15, 0.2) is 0 Å². The third-order valence-electron chi connectivity index (χ3n) is 8.70. The van der Waals surface area contributed by atoms with Gasteiger partial charge in [-0.15, -0.1) is 0 Å². The van der Waals surface area contributed by atoms with Crippen molar-refractivity contribution in [1.82, 2.24) is 20.4 Å². The van der Waals surface area contributed by atoms with Gasteiger partial charge >= 0.3 is 0 Å². The van der Waals surface area contributed by atoms with Gasteiger partial charge in [-0.25, -0.2) is 4.39 Å². The first-order valence-electron chi connectivity index (χ1n) is 17.1. The van der Waals surface area contributed by atoms with Crippen molar-refractivity contribution in [2.24, 2.45) is 0 Å². The number of carbonyl (C=O) groups excluding carboxylic acids is 2. The summed E-state index contributed by atoms with van der Waals surface area (Å²) in [6, 6.07) is 12.0. The van der Waals surface area contributed by atoms with E-state index in [0.717, 1.165) is 45.6 Å². The Morgan fingerprint density at radius 3 is 2.04 bits per heavy atom. The van der Waals surface area contributed by atoms with E-state index >= 15 is 0 Å². The fourth-order valence-electron chi connectivity index (χ4n) is 5.64. The molecule has 0 aliphatic carbocycles. The van der Waals surface area contributed by atoms with Gasteiger partial charge in [0, 0.05) is 52.0 Å². The van der Waals surface area contributed by atoms with Gasteiger partial charge < -0.3 is 50.8 Å². The van der Waals surface area contributed by atoms with Crippen LogP contribution in [0.1, 0.15) is 47.4 Å². The van der Waals surface area contributed by atoms with Crippen LogP contribution in [0, 0.1) is 5.82 Å². The van der Waals surface area contributed by atoms with E-state index < -0.39 is 0 Å². The van der Waals surface area contributed by atoms with Gasteiger partial charge in [0.25, 0.3) is 11.8 Å². The zero-order chi connectivity index (χ0) is 38.2. The molecule has 1 saturated heterocycles. The van der Waals surface area contributed by atoms with Gasteiger partial charge in [-0.1, -0.05) is 37.0 Å². The van der Waals surface area contributed by atoms with Crippen LogP contribution >= 0.6 is 23.2 Å². The number of amides is 2. The molecule has 1 fully saturated rings. The minimum Gasteiger partial charge on any atom is -0.496 e. The van der Waals surface area contributed by atoms with E-state index in [4.69, 9.17) is 53.6 Å². The standard InChI is InChI=1S/C23H29ClFN3O4.C14H22ClN3O2/c1-30-21-13-19(26)18(24)12-17(21)23(29)27-20-8-10-28(14-22(20)31-2)9-3-11-32-16-6-4-15(25)5-7-16;1-4-18(5-2)7-6-17-14(19)10-8-11(15)12(16)9-13(10)20-3/h4-7,12-13,20,22H,3,8-11,14,26H2,1-2H3,(H,27,29);8-9H,4-7,16H2,1-3H3,(H,17,19). The molecule has 0 aromatic heterocycles.